The molecule has 0 fully saturated rings. The molecule has 0 aliphatic carbocycles. The van der Waals surface area contributed by atoms with Gasteiger partial charge in [0.15, 0.2) is 5.78 Å². The summed E-state index contributed by atoms with van der Waals surface area (Å²) in [6.07, 6.45) is 0.218. The molecule has 0 spiro atoms. The highest BCUT2D eigenvalue weighted by molar-refractivity contribution is 7.10. The molecule has 2 aromatic carbocycles. The van der Waals surface area contributed by atoms with E-state index in [1.807, 2.05) is 67.8 Å². The Hall–Kier alpha value is -2.79. The molecule has 0 saturated carbocycles. The molecule has 5 heteroatoms. The summed E-state index contributed by atoms with van der Waals surface area (Å²) in [5, 5.41) is 5.61. The lowest BCUT2D eigenvalue weighted by Gasteiger charge is -2.21. The molecule has 1 N–H and O–H groups in total. The van der Waals surface area contributed by atoms with Crippen LogP contribution in [0.5, 0.6) is 0 Å². The van der Waals surface area contributed by atoms with Crippen LogP contribution >= 0.6 is 11.3 Å². The fraction of sp³-hybridized carbons (Fsp3) is 0.227. The molecule has 0 saturated heterocycles. The highest BCUT2D eigenvalue weighted by Gasteiger charge is 2.25. The van der Waals surface area contributed by atoms with Gasteiger partial charge in [0.1, 0.15) is 5.01 Å². The molecule has 0 radical (unpaired) electrons. The Morgan fingerprint density at radius 1 is 1.00 bits per heavy atom. The molecule has 1 aromatic heterocycles. The number of Topliss-reactive ketones (excluding diaryl/α,β-unsaturated/α-hetero) is 1. The number of carbonyl (C=O) groups excluding carboxylic acids is 2. The van der Waals surface area contributed by atoms with Crippen LogP contribution in [0.3, 0.4) is 0 Å². The zero-order chi connectivity index (χ0) is 19.2. The van der Waals surface area contributed by atoms with Crippen molar-refractivity contribution in [2.75, 3.05) is 0 Å². The summed E-state index contributed by atoms with van der Waals surface area (Å²) in [4.78, 5) is 29.8. The van der Waals surface area contributed by atoms with Gasteiger partial charge in [0.2, 0.25) is 0 Å². The molecule has 1 amide bonds. The first-order valence-electron chi connectivity index (χ1n) is 8.93. The van der Waals surface area contributed by atoms with E-state index in [0.29, 0.717) is 5.56 Å². The van der Waals surface area contributed by atoms with Gasteiger partial charge < -0.3 is 5.32 Å². The van der Waals surface area contributed by atoms with Crippen molar-refractivity contribution in [2.45, 2.75) is 26.3 Å². The first kappa shape index (κ1) is 19.0. The van der Waals surface area contributed by atoms with Gasteiger partial charge in [0.05, 0.1) is 18.2 Å². The minimum Gasteiger partial charge on any atom is -0.342 e. The van der Waals surface area contributed by atoms with Gasteiger partial charge in [0.25, 0.3) is 5.91 Å². The summed E-state index contributed by atoms with van der Waals surface area (Å²) < 4.78 is 0. The molecule has 0 aliphatic rings. The summed E-state index contributed by atoms with van der Waals surface area (Å²) >= 11 is 1.47. The van der Waals surface area contributed by atoms with Crippen molar-refractivity contribution in [1.82, 2.24) is 10.3 Å². The van der Waals surface area contributed by atoms with E-state index in [0.717, 1.165) is 16.3 Å². The second-order valence-electron chi connectivity index (χ2n) is 6.70. The highest BCUT2D eigenvalue weighted by Crippen LogP contribution is 2.22. The maximum atomic E-state index is 12.8. The number of nitrogens with zero attached hydrogens (tertiary/aromatic N) is 1. The summed E-state index contributed by atoms with van der Waals surface area (Å²) in [6, 6.07) is 18.3. The molecule has 4 nitrogen and oxygen atoms in total. The number of carbonyl (C=O) groups is 2. The average Bonchev–Trinajstić information content (AvgIpc) is 3.15. The van der Waals surface area contributed by atoms with Gasteiger partial charge in [-0.3, -0.25) is 9.59 Å². The van der Waals surface area contributed by atoms with Gasteiger partial charge in [-0.15, -0.1) is 11.3 Å². The molecule has 1 atom stereocenters. The molecular formula is C22H22N2O2S. The van der Waals surface area contributed by atoms with Crippen molar-refractivity contribution < 1.29 is 9.59 Å². The van der Waals surface area contributed by atoms with Crippen LogP contribution < -0.4 is 5.32 Å². The molecule has 3 rings (SSSR count). The molecule has 138 valence electrons. The van der Waals surface area contributed by atoms with Gasteiger partial charge in [0, 0.05) is 16.5 Å². The van der Waals surface area contributed by atoms with Crippen LogP contribution in [0.4, 0.5) is 0 Å². The van der Waals surface area contributed by atoms with Gasteiger partial charge in [-0.1, -0.05) is 62.4 Å². The fourth-order valence-corrected chi connectivity index (χ4v) is 3.64. The number of nitrogens with one attached hydrogen (secondary N) is 1. The average molecular weight is 378 g/mol. The zero-order valence-corrected chi connectivity index (χ0v) is 16.2. The van der Waals surface area contributed by atoms with Crippen LogP contribution in [0.2, 0.25) is 0 Å². The standard InChI is InChI=1S/C22H22N2O2S/c1-15(2)21(24-22(26)17-11-7-4-8-12-17)19(25)13-20-23-18(14-27-20)16-9-5-3-6-10-16/h3-12,14-15,21H,13H2,1-2H3,(H,24,26)/t21-/m0/s1. The first-order valence-corrected chi connectivity index (χ1v) is 9.81. The SMILES string of the molecule is CC(C)[C@H](NC(=O)c1ccccc1)C(=O)Cc1nc(-c2ccccc2)cs1. The Bertz CT molecular complexity index is 904. The van der Waals surface area contributed by atoms with E-state index >= 15 is 0 Å². The predicted molar refractivity (Wildman–Crippen MR) is 109 cm³/mol. The number of rotatable bonds is 7. The number of amides is 1. The number of thiazole rings is 1. The molecular weight excluding hydrogens is 356 g/mol. The predicted octanol–water partition coefficient (Wildman–Crippen LogP) is 4.38. The minimum absolute atomic E-state index is 0.00119. The fourth-order valence-electron chi connectivity index (χ4n) is 2.83. The van der Waals surface area contributed by atoms with Crippen molar-refractivity contribution in [3.05, 3.63) is 76.6 Å². The Morgan fingerprint density at radius 3 is 2.26 bits per heavy atom. The second-order valence-corrected chi connectivity index (χ2v) is 7.64. The second kappa shape index (κ2) is 8.73. The smallest absolute Gasteiger partial charge is 0.251 e. The zero-order valence-electron chi connectivity index (χ0n) is 15.4. The number of aromatic nitrogens is 1. The van der Waals surface area contributed by atoms with Gasteiger partial charge in [-0.2, -0.15) is 0 Å². The van der Waals surface area contributed by atoms with Crippen molar-refractivity contribution in [1.29, 1.82) is 0 Å². The van der Waals surface area contributed by atoms with Crippen LogP contribution in [0.25, 0.3) is 11.3 Å². The maximum Gasteiger partial charge on any atom is 0.251 e. The van der Waals surface area contributed by atoms with E-state index in [9.17, 15) is 9.59 Å². The lowest BCUT2D eigenvalue weighted by Crippen LogP contribution is -2.45. The van der Waals surface area contributed by atoms with Crippen LogP contribution in [0.1, 0.15) is 29.2 Å². The third-order valence-electron chi connectivity index (χ3n) is 4.28. The number of hydrogen-bond acceptors (Lipinski definition) is 4. The van der Waals surface area contributed by atoms with Crippen LogP contribution in [0.15, 0.2) is 66.0 Å². The Labute approximate surface area is 163 Å². The topological polar surface area (TPSA) is 59.1 Å². The van der Waals surface area contributed by atoms with E-state index in [4.69, 9.17) is 0 Å². The molecule has 0 bridgehead atoms. The minimum atomic E-state index is -0.540. The van der Waals surface area contributed by atoms with Gasteiger partial charge >= 0.3 is 0 Å². The van der Waals surface area contributed by atoms with E-state index < -0.39 is 6.04 Å². The Balaban J connectivity index is 1.69. The van der Waals surface area contributed by atoms with Crippen molar-refractivity contribution in [3.8, 4) is 11.3 Å². The Morgan fingerprint density at radius 2 is 1.63 bits per heavy atom. The Kier molecular flexibility index (Phi) is 6.14. The summed E-state index contributed by atoms with van der Waals surface area (Å²) in [7, 11) is 0. The van der Waals surface area contributed by atoms with Gasteiger partial charge in [-0.25, -0.2) is 4.98 Å². The first-order chi connectivity index (χ1) is 13.0. The lowest BCUT2D eigenvalue weighted by atomic mass is 9.97. The molecule has 1 heterocycles. The monoisotopic (exact) mass is 378 g/mol. The molecule has 27 heavy (non-hydrogen) atoms. The lowest BCUT2D eigenvalue weighted by molar-refractivity contribution is -0.121. The quantitative estimate of drug-likeness (QED) is 0.664. The number of benzene rings is 2. The number of ketones is 1. The van der Waals surface area contributed by atoms with E-state index in [-0.39, 0.29) is 24.0 Å². The normalized spacial score (nSPS) is 12.0. The van der Waals surface area contributed by atoms with E-state index in [2.05, 4.69) is 10.3 Å². The summed E-state index contributed by atoms with van der Waals surface area (Å²) in [5.74, 6) is -0.256. The summed E-state index contributed by atoms with van der Waals surface area (Å²) in [5.41, 5.74) is 2.46. The van der Waals surface area contributed by atoms with Crippen LogP contribution in [-0.4, -0.2) is 22.7 Å². The third-order valence-corrected chi connectivity index (χ3v) is 5.13. The van der Waals surface area contributed by atoms with E-state index in [1.165, 1.54) is 11.3 Å². The largest absolute Gasteiger partial charge is 0.342 e. The van der Waals surface area contributed by atoms with E-state index in [1.54, 1.807) is 12.1 Å². The molecule has 0 unspecified atom stereocenters. The molecule has 3 aromatic rings. The molecule has 0 aliphatic heterocycles. The van der Waals surface area contributed by atoms with Gasteiger partial charge in [-0.05, 0) is 18.1 Å². The third kappa shape index (κ3) is 4.89. The van der Waals surface area contributed by atoms with Crippen LogP contribution in [-0.2, 0) is 11.2 Å². The summed E-state index contributed by atoms with van der Waals surface area (Å²) in [6.45, 7) is 3.87. The van der Waals surface area contributed by atoms with Crippen LogP contribution in [0, 0.1) is 5.92 Å². The van der Waals surface area contributed by atoms with Crippen molar-refractivity contribution in [3.63, 3.8) is 0 Å². The van der Waals surface area contributed by atoms with Crippen molar-refractivity contribution >= 4 is 23.0 Å². The highest BCUT2D eigenvalue weighted by atomic mass is 32.1. The maximum absolute atomic E-state index is 12.8. The van der Waals surface area contributed by atoms with Crippen molar-refractivity contribution in [2.24, 2.45) is 5.92 Å². The number of hydrogen-bond donors (Lipinski definition) is 1.